The number of carbonyl (C=O) groups excluding carboxylic acids is 1. The van der Waals surface area contributed by atoms with Gasteiger partial charge >= 0.3 is 0 Å². The number of hydrogen-bond acceptors (Lipinski definition) is 3. The summed E-state index contributed by atoms with van der Waals surface area (Å²) >= 11 is 0. The van der Waals surface area contributed by atoms with Gasteiger partial charge in [-0.3, -0.25) is 4.79 Å². The molecule has 0 saturated heterocycles. The summed E-state index contributed by atoms with van der Waals surface area (Å²) in [6.07, 6.45) is 0. The number of carbonyl (C=O) groups is 1. The molecule has 20 heavy (non-hydrogen) atoms. The molecule has 5 heteroatoms. The van der Waals surface area contributed by atoms with E-state index in [0.717, 1.165) is 0 Å². The van der Waals surface area contributed by atoms with Crippen LogP contribution in [0.1, 0.15) is 10.4 Å². The second kappa shape index (κ2) is 5.61. The van der Waals surface area contributed by atoms with Gasteiger partial charge in [-0.05, 0) is 24.3 Å². The summed E-state index contributed by atoms with van der Waals surface area (Å²) < 4.78 is 18.5. The zero-order valence-electron chi connectivity index (χ0n) is 11.3. The SMILES string of the molecule is COc1cccc(N(C)C(=O)c2cccc(F)c2N)c1. The number of nitrogens with two attached hydrogens (primary N) is 1. The van der Waals surface area contributed by atoms with Crippen LogP contribution in [0.25, 0.3) is 0 Å². The molecule has 0 spiro atoms. The summed E-state index contributed by atoms with van der Waals surface area (Å²) in [7, 11) is 3.15. The first kappa shape index (κ1) is 13.9. The summed E-state index contributed by atoms with van der Waals surface area (Å²) in [5.41, 5.74) is 6.23. The minimum Gasteiger partial charge on any atom is -0.497 e. The second-order valence-corrected chi connectivity index (χ2v) is 4.27. The molecule has 0 bridgehead atoms. The fraction of sp³-hybridized carbons (Fsp3) is 0.133. The van der Waals surface area contributed by atoms with Crippen molar-refractivity contribution in [3.8, 4) is 5.75 Å². The van der Waals surface area contributed by atoms with E-state index >= 15 is 0 Å². The van der Waals surface area contributed by atoms with Crippen LogP contribution >= 0.6 is 0 Å². The molecular weight excluding hydrogens is 259 g/mol. The number of ether oxygens (including phenoxy) is 1. The van der Waals surface area contributed by atoms with Gasteiger partial charge in [-0.15, -0.1) is 0 Å². The molecule has 2 N–H and O–H groups in total. The lowest BCUT2D eigenvalue weighted by molar-refractivity contribution is 0.0993. The Kier molecular flexibility index (Phi) is 3.89. The number of methoxy groups -OCH3 is 1. The fourth-order valence-corrected chi connectivity index (χ4v) is 1.84. The Balaban J connectivity index is 2.35. The van der Waals surface area contributed by atoms with Crippen LogP contribution < -0.4 is 15.4 Å². The minimum absolute atomic E-state index is 0.135. The largest absolute Gasteiger partial charge is 0.497 e. The number of benzene rings is 2. The Morgan fingerprint density at radius 1 is 1.25 bits per heavy atom. The molecule has 0 aromatic heterocycles. The number of nitrogen functional groups attached to an aromatic ring is 1. The first-order valence-corrected chi connectivity index (χ1v) is 6.00. The first-order valence-electron chi connectivity index (χ1n) is 6.00. The Morgan fingerprint density at radius 2 is 1.95 bits per heavy atom. The third kappa shape index (κ3) is 2.56. The fourth-order valence-electron chi connectivity index (χ4n) is 1.84. The van der Waals surface area contributed by atoms with Crippen LogP contribution in [0.4, 0.5) is 15.8 Å². The quantitative estimate of drug-likeness (QED) is 0.875. The normalized spacial score (nSPS) is 10.2. The average Bonchev–Trinajstić information content (AvgIpc) is 2.48. The number of nitrogens with zero attached hydrogens (tertiary/aromatic N) is 1. The lowest BCUT2D eigenvalue weighted by Gasteiger charge is -2.19. The van der Waals surface area contributed by atoms with Crippen molar-refractivity contribution in [1.82, 2.24) is 0 Å². The maximum absolute atomic E-state index is 13.4. The van der Waals surface area contributed by atoms with Crippen molar-refractivity contribution in [1.29, 1.82) is 0 Å². The molecule has 2 rings (SSSR count). The molecule has 1 amide bonds. The van der Waals surface area contributed by atoms with Gasteiger partial charge < -0.3 is 15.4 Å². The molecular formula is C15H15FN2O2. The van der Waals surface area contributed by atoms with Gasteiger partial charge in [0.2, 0.25) is 0 Å². The van der Waals surface area contributed by atoms with Crippen LogP contribution in [0, 0.1) is 5.82 Å². The van der Waals surface area contributed by atoms with Crippen molar-refractivity contribution in [3.05, 3.63) is 53.8 Å². The average molecular weight is 274 g/mol. The number of rotatable bonds is 3. The van der Waals surface area contributed by atoms with Gasteiger partial charge in [0.1, 0.15) is 11.6 Å². The van der Waals surface area contributed by atoms with E-state index in [4.69, 9.17) is 10.5 Å². The number of halogens is 1. The molecule has 0 atom stereocenters. The minimum atomic E-state index is -0.602. The van der Waals surface area contributed by atoms with Crippen LogP contribution in [0.5, 0.6) is 5.75 Å². The molecule has 0 unspecified atom stereocenters. The highest BCUT2D eigenvalue weighted by Crippen LogP contribution is 2.23. The lowest BCUT2D eigenvalue weighted by atomic mass is 10.1. The van der Waals surface area contributed by atoms with Gasteiger partial charge in [0.25, 0.3) is 5.91 Å². The van der Waals surface area contributed by atoms with E-state index < -0.39 is 5.82 Å². The van der Waals surface area contributed by atoms with E-state index in [1.807, 2.05) is 0 Å². The van der Waals surface area contributed by atoms with Gasteiger partial charge in [0, 0.05) is 18.8 Å². The van der Waals surface area contributed by atoms with E-state index in [2.05, 4.69) is 0 Å². The molecule has 0 radical (unpaired) electrons. The number of anilines is 2. The number of hydrogen-bond donors (Lipinski definition) is 1. The molecule has 2 aromatic carbocycles. The van der Waals surface area contributed by atoms with Crippen LogP contribution in [0.3, 0.4) is 0 Å². The van der Waals surface area contributed by atoms with Crippen molar-refractivity contribution in [3.63, 3.8) is 0 Å². The lowest BCUT2D eigenvalue weighted by Crippen LogP contribution is -2.27. The smallest absolute Gasteiger partial charge is 0.260 e. The summed E-state index contributed by atoms with van der Waals surface area (Å²) in [4.78, 5) is 13.8. The second-order valence-electron chi connectivity index (χ2n) is 4.27. The Hall–Kier alpha value is -2.56. The van der Waals surface area contributed by atoms with Crippen molar-refractivity contribution < 1.29 is 13.9 Å². The Labute approximate surface area is 116 Å². The third-order valence-electron chi connectivity index (χ3n) is 3.03. The Bertz CT molecular complexity index is 644. The van der Waals surface area contributed by atoms with E-state index in [1.54, 1.807) is 38.4 Å². The highest BCUT2D eigenvalue weighted by Gasteiger charge is 2.18. The molecule has 0 aliphatic rings. The van der Waals surface area contributed by atoms with Crippen molar-refractivity contribution in [2.24, 2.45) is 0 Å². The van der Waals surface area contributed by atoms with Gasteiger partial charge in [-0.25, -0.2) is 4.39 Å². The van der Waals surface area contributed by atoms with Crippen LogP contribution in [0.15, 0.2) is 42.5 Å². The molecule has 2 aromatic rings. The van der Waals surface area contributed by atoms with Gasteiger partial charge in [0.15, 0.2) is 0 Å². The standard InChI is InChI=1S/C15H15FN2O2/c1-18(10-5-3-6-11(9-10)20-2)15(19)12-7-4-8-13(16)14(12)17/h3-9H,17H2,1-2H3. The zero-order valence-corrected chi connectivity index (χ0v) is 11.3. The maximum Gasteiger partial charge on any atom is 0.260 e. The van der Waals surface area contributed by atoms with E-state index in [9.17, 15) is 9.18 Å². The molecule has 0 aliphatic carbocycles. The summed E-state index contributed by atoms with van der Waals surface area (Å²) in [6, 6.07) is 11.2. The van der Waals surface area contributed by atoms with E-state index in [-0.39, 0.29) is 17.2 Å². The van der Waals surface area contributed by atoms with Crippen molar-refractivity contribution >= 4 is 17.3 Å². The predicted molar refractivity (Wildman–Crippen MR) is 76.5 cm³/mol. The molecule has 0 heterocycles. The number of para-hydroxylation sites is 1. The molecule has 0 aliphatic heterocycles. The van der Waals surface area contributed by atoms with Crippen molar-refractivity contribution in [2.45, 2.75) is 0 Å². The zero-order chi connectivity index (χ0) is 14.7. The topological polar surface area (TPSA) is 55.6 Å². The molecule has 4 nitrogen and oxygen atoms in total. The summed E-state index contributed by atoms with van der Waals surface area (Å²) in [5, 5.41) is 0. The van der Waals surface area contributed by atoms with Gasteiger partial charge in [0.05, 0.1) is 18.4 Å². The maximum atomic E-state index is 13.4. The first-order chi connectivity index (χ1) is 9.54. The highest BCUT2D eigenvalue weighted by molar-refractivity contribution is 6.09. The molecule has 0 saturated carbocycles. The molecule has 104 valence electrons. The van der Waals surface area contributed by atoms with E-state index in [1.165, 1.54) is 23.1 Å². The summed E-state index contributed by atoms with van der Waals surface area (Å²) in [6.45, 7) is 0. The van der Waals surface area contributed by atoms with Gasteiger partial charge in [-0.2, -0.15) is 0 Å². The van der Waals surface area contributed by atoms with Crippen molar-refractivity contribution in [2.75, 3.05) is 24.8 Å². The Morgan fingerprint density at radius 3 is 2.65 bits per heavy atom. The predicted octanol–water partition coefficient (Wildman–Crippen LogP) is 2.69. The van der Waals surface area contributed by atoms with Crippen LogP contribution in [0.2, 0.25) is 0 Å². The van der Waals surface area contributed by atoms with Gasteiger partial charge in [-0.1, -0.05) is 12.1 Å². The van der Waals surface area contributed by atoms with Crippen LogP contribution in [-0.4, -0.2) is 20.1 Å². The van der Waals surface area contributed by atoms with E-state index in [0.29, 0.717) is 11.4 Å². The van der Waals surface area contributed by atoms with Crippen LogP contribution in [-0.2, 0) is 0 Å². The molecule has 0 fully saturated rings. The highest BCUT2D eigenvalue weighted by atomic mass is 19.1. The number of amides is 1. The third-order valence-corrected chi connectivity index (χ3v) is 3.03. The summed E-state index contributed by atoms with van der Waals surface area (Å²) in [5.74, 6) is -0.348. The monoisotopic (exact) mass is 274 g/mol.